The highest BCUT2D eigenvalue weighted by Gasteiger charge is 2.14. The zero-order valence-electron chi connectivity index (χ0n) is 10.3. The molecule has 0 bridgehead atoms. The molecule has 0 saturated carbocycles. The number of carbonyl (C=O) groups is 1. The van der Waals surface area contributed by atoms with Crippen LogP contribution in [0.4, 0.5) is 0 Å². The highest BCUT2D eigenvalue weighted by Crippen LogP contribution is 2.24. The van der Waals surface area contributed by atoms with Gasteiger partial charge in [0.1, 0.15) is 6.29 Å². The van der Waals surface area contributed by atoms with E-state index in [0.29, 0.717) is 0 Å². The smallest absolute Gasteiger partial charge is 0.147 e. The third kappa shape index (κ3) is 2.96. The monoisotopic (exact) mass is 229 g/mol. The third-order valence-electron chi connectivity index (χ3n) is 3.34. The Hall–Kier alpha value is -1.57. The van der Waals surface area contributed by atoms with Gasteiger partial charge in [0.25, 0.3) is 0 Å². The number of carbonyl (C=O) groups excluding carboxylic acids is 1. The van der Waals surface area contributed by atoms with Gasteiger partial charge in [-0.25, -0.2) is 0 Å². The summed E-state index contributed by atoms with van der Waals surface area (Å²) in [5.41, 5.74) is 3.36. The number of allylic oxidation sites excluding steroid dienone is 2. The summed E-state index contributed by atoms with van der Waals surface area (Å²) in [6.45, 7) is 2.14. The second-order valence-corrected chi connectivity index (χ2v) is 4.61. The van der Waals surface area contributed by atoms with Crippen molar-refractivity contribution in [2.45, 2.75) is 38.6 Å². The topological polar surface area (TPSA) is 29.1 Å². The molecule has 0 saturated heterocycles. The molecule has 0 spiro atoms. The fraction of sp³-hybridized carbons (Fsp3) is 0.400. The Kier molecular flexibility index (Phi) is 3.97. The largest absolute Gasteiger partial charge is 0.382 e. The number of aldehydes is 1. The first-order chi connectivity index (χ1) is 8.31. The van der Waals surface area contributed by atoms with Crippen LogP contribution in [0.15, 0.2) is 41.6 Å². The van der Waals surface area contributed by atoms with Crippen molar-refractivity contribution in [1.29, 1.82) is 0 Å². The Morgan fingerprint density at radius 3 is 2.59 bits per heavy atom. The lowest BCUT2D eigenvalue weighted by Crippen LogP contribution is -2.21. The molecule has 1 aromatic carbocycles. The second-order valence-electron chi connectivity index (χ2n) is 4.61. The highest BCUT2D eigenvalue weighted by molar-refractivity contribution is 5.74. The Balaban J connectivity index is 2.10. The van der Waals surface area contributed by atoms with Gasteiger partial charge >= 0.3 is 0 Å². The predicted molar refractivity (Wildman–Crippen MR) is 69.6 cm³/mol. The number of rotatable bonds is 4. The van der Waals surface area contributed by atoms with Crippen molar-refractivity contribution in [1.82, 2.24) is 5.32 Å². The molecule has 1 atom stereocenters. The van der Waals surface area contributed by atoms with Crippen molar-refractivity contribution in [3.8, 4) is 0 Å². The molecule has 2 nitrogen and oxygen atoms in total. The van der Waals surface area contributed by atoms with Gasteiger partial charge in [-0.1, -0.05) is 30.3 Å². The minimum absolute atomic E-state index is 0.263. The van der Waals surface area contributed by atoms with Crippen molar-refractivity contribution < 1.29 is 4.79 Å². The summed E-state index contributed by atoms with van der Waals surface area (Å²) < 4.78 is 0. The minimum atomic E-state index is 0.263. The van der Waals surface area contributed by atoms with E-state index in [1.54, 1.807) is 0 Å². The first-order valence-electron chi connectivity index (χ1n) is 6.30. The van der Waals surface area contributed by atoms with Crippen LogP contribution in [0.5, 0.6) is 0 Å². The second kappa shape index (κ2) is 5.67. The molecule has 0 aromatic heterocycles. The van der Waals surface area contributed by atoms with Gasteiger partial charge in [-0.05, 0) is 38.2 Å². The molecule has 0 radical (unpaired) electrons. The van der Waals surface area contributed by atoms with E-state index in [1.165, 1.54) is 12.0 Å². The van der Waals surface area contributed by atoms with Crippen LogP contribution >= 0.6 is 0 Å². The molecular weight excluding hydrogens is 210 g/mol. The maximum Gasteiger partial charge on any atom is 0.147 e. The van der Waals surface area contributed by atoms with E-state index in [0.717, 1.165) is 36.8 Å². The Labute approximate surface area is 103 Å². The zero-order chi connectivity index (χ0) is 12.1. The first-order valence-corrected chi connectivity index (χ1v) is 6.30. The number of benzene rings is 1. The molecule has 1 aliphatic carbocycles. The normalized spacial score (nSPS) is 17.7. The molecular formula is C15H19NO. The Morgan fingerprint density at radius 1 is 1.18 bits per heavy atom. The molecule has 90 valence electrons. The van der Waals surface area contributed by atoms with E-state index in [4.69, 9.17) is 0 Å². The fourth-order valence-corrected chi connectivity index (χ4v) is 2.31. The van der Waals surface area contributed by atoms with Gasteiger partial charge < -0.3 is 5.32 Å². The molecule has 17 heavy (non-hydrogen) atoms. The van der Waals surface area contributed by atoms with Crippen molar-refractivity contribution in [3.63, 3.8) is 0 Å². The molecule has 2 rings (SSSR count). The molecule has 1 unspecified atom stereocenters. The van der Waals surface area contributed by atoms with E-state index in [-0.39, 0.29) is 6.04 Å². The Morgan fingerprint density at radius 2 is 1.88 bits per heavy atom. The summed E-state index contributed by atoms with van der Waals surface area (Å²) in [4.78, 5) is 11.0. The Bertz CT molecular complexity index is 408. The van der Waals surface area contributed by atoms with Gasteiger partial charge in [0, 0.05) is 17.3 Å². The van der Waals surface area contributed by atoms with Crippen LogP contribution in [0.3, 0.4) is 0 Å². The predicted octanol–water partition coefficient (Wildman–Crippen LogP) is 3.36. The van der Waals surface area contributed by atoms with Gasteiger partial charge in [0.15, 0.2) is 0 Å². The summed E-state index contributed by atoms with van der Waals surface area (Å²) in [5.74, 6) is 0. The first kappa shape index (κ1) is 11.9. The van der Waals surface area contributed by atoms with E-state index < -0.39 is 0 Å². The van der Waals surface area contributed by atoms with E-state index in [1.807, 2.05) is 18.2 Å². The summed E-state index contributed by atoms with van der Waals surface area (Å²) in [6.07, 6.45) is 5.26. The molecule has 0 heterocycles. The van der Waals surface area contributed by atoms with Crippen LogP contribution in [-0.2, 0) is 4.79 Å². The average Bonchev–Trinajstić information content (AvgIpc) is 2.40. The van der Waals surface area contributed by atoms with E-state index in [2.05, 4.69) is 24.4 Å². The molecule has 0 fully saturated rings. The lowest BCUT2D eigenvalue weighted by molar-refractivity contribution is -0.105. The van der Waals surface area contributed by atoms with Crippen LogP contribution in [0.1, 0.15) is 44.2 Å². The maximum absolute atomic E-state index is 11.0. The molecule has 1 N–H and O–H groups in total. The lowest BCUT2D eigenvalue weighted by atomic mass is 9.96. The minimum Gasteiger partial charge on any atom is -0.382 e. The van der Waals surface area contributed by atoms with Crippen LogP contribution in [0.2, 0.25) is 0 Å². The zero-order valence-corrected chi connectivity index (χ0v) is 10.3. The SMILES string of the molecule is CC(NC1=C(C=O)CCCC1)c1ccccc1. The summed E-state index contributed by atoms with van der Waals surface area (Å²) in [5, 5.41) is 3.48. The van der Waals surface area contributed by atoms with Gasteiger partial charge in [0.05, 0.1) is 0 Å². The van der Waals surface area contributed by atoms with Crippen molar-refractivity contribution >= 4 is 6.29 Å². The van der Waals surface area contributed by atoms with Crippen molar-refractivity contribution in [2.24, 2.45) is 0 Å². The summed E-state index contributed by atoms with van der Waals surface area (Å²) >= 11 is 0. The third-order valence-corrected chi connectivity index (χ3v) is 3.34. The lowest BCUT2D eigenvalue weighted by Gasteiger charge is -2.23. The van der Waals surface area contributed by atoms with Crippen LogP contribution in [-0.4, -0.2) is 6.29 Å². The van der Waals surface area contributed by atoms with Crippen molar-refractivity contribution in [3.05, 3.63) is 47.2 Å². The summed E-state index contributed by atoms with van der Waals surface area (Å²) in [7, 11) is 0. The highest BCUT2D eigenvalue weighted by atomic mass is 16.1. The standard InChI is InChI=1S/C15H19NO/c1-12(13-7-3-2-4-8-13)16-15-10-6-5-9-14(15)11-17/h2-4,7-8,11-12,16H,5-6,9-10H2,1H3. The molecule has 2 heteroatoms. The fourth-order valence-electron chi connectivity index (χ4n) is 2.31. The van der Waals surface area contributed by atoms with Crippen LogP contribution in [0, 0.1) is 0 Å². The van der Waals surface area contributed by atoms with E-state index >= 15 is 0 Å². The average molecular weight is 229 g/mol. The van der Waals surface area contributed by atoms with Gasteiger partial charge in [-0.3, -0.25) is 4.79 Å². The number of hydrogen-bond acceptors (Lipinski definition) is 2. The summed E-state index contributed by atoms with van der Waals surface area (Å²) in [6, 6.07) is 10.6. The maximum atomic E-state index is 11.0. The quantitative estimate of drug-likeness (QED) is 0.802. The van der Waals surface area contributed by atoms with Crippen LogP contribution < -0.4 is 5.32 Å². The number of hydrogen-bond donors (Lipinski definition) is 1. The van der Waals surface area contributed by atoms with Gasteiger partial charge in [-0.2, -0.15) is 0 Å². The van der Waals surface area contributed by atoms with Gasteiger partial charge in [-0.15, -0.1) is 0 Å². The molecule has 0 aliphatic heterocycles. The van der Waals surface area contributed by atoms with Crippen LogP contribution in [0.25, 0.3) is 0 Å². The van der Waals surface area contributed by atoms with Gasteiger partial charge in [0.2, 0.25) is 0 Å². The molecule has 1 aromatic rings. The molecule has 1 aliphatic rings. The van der Waals surface area contributed by atoms with Crippen molar-refractivity contribution in [2.75, 3.05) is 0 Å². The van der Waals surface area contributed by atoms with E-state index in [9.17, 15) is 4.79 Å². The number of nitrogens with one attached hydrogen (secondary N) is 1. The molecule has 0 amide bonds.